The SMILES string of the molecule is CC(=O)NC1C(OCCOCCNC(=O)CN(CC=O)C(=O)CCC(N)C(=O)NCCOCCOC2OC(CO)C(O)C(O)C2NC(C)=O)OC(CO)C(O)C1O. The largest absolute Gasteiger partial charge is 0.394 e. The zero-order valence-corrected chi connectivity index (χ0v) is 31.9. The summed E-state index contributed by atoms with van der Waals surface area (Å²) in [6, 6.07) is -3.30. The molecule has 2 aliphatic heterocycles. The van der Waals surface area contributed by atoms with Crippen molar-refractivity contribution in [2.24, 2.45) is 5.73 Å². The number of nitrogens with two attached hydrogens (primary N) is 1. The van der Waals surface area contributed by atoms with Crippen molar-refractivity contribution < 1.29 is 87.8 Å². The van der Waals surface area contributed by atoms with Gasteiger partial charge in [-0.2, -0.15) is 0 Å². The van der Waals surface area contributed by atoms with E-state index < -0.39 is 117 Å². The van der Waals surface area contributed by atoms with E-state index in [-0.39, 0.29) is 72.1 Å². The lowest BCUT2D eigenvalue weighted by Crippen LogP contribution is -2.64. The van der Waals surface area contributed by atoms with Crippen LogP contribution in [-0.2, 0) is 57.2 Å². The molecule has 12 N–H and O–H groups in total. The molecule has 0 saturated carbocycles. The zero-order valence-electron chi connectivity index (χ0n) is 31.9. The first-order valence-electron chi connectivity index (χ1n) is 18.3. The molecule has 11 atom stereocenters. The number of aldehydes is 1. The first kappa shape index (κ1) is 49.6. The van der Waals surface area contributed by atoms with Gasteiger partial charge in [-0.3, -0.25) is 24.0 Å². The van der Waals surface area contributed by atoms with Gasteiger partial charge in [0.15, 0.2) is 12.6 Å². The third kappa shape index (κ3) is 17.1. The van der Waals surface area contributed by atoms with E-state index in [9.17, 15) is 59.4 Å². The van der Waals surface area contributed by atoms with E-state index >= 15 is 0 Å². The van der Waals surface area contributed by atoms with Gasteiger partial charge in [0, 0.05) is 33.4 Å². The molecule has 0 aromatic heterocycles. The highest BCUT2D eigenvalue weighted by Crippen LogP contribution is 2.23. The number of rotatable bonds is 26. The van der Waals surface area contributed by atoms with Crippen molar-refractivity contribution in [3.63, 3.8) is 0 Å². The van der Waals surface area contributed by atoms with E-state index in [1.54, 1.807) is 0 Å². The van der Waals surface area contributed by atoms with Crippen molar-refractivity contribution in [2.45, 2.75) is 94.0 Å². The normalized spacial score (nSPS) is 27.8. The van der Waals surface area contributed by atoms with Gasteiger partial charge < -0.3 is 95.8 Å². The predicted molar refractivity (Wildman–Crippen MR) is 190 cm³/mol. The van der Waals surface area contributed by atoms with Crippen LogP contribution in [0, 0.1) is 0 Å². The van der Waals surface area contributed by atoms with Crippen molar-refractivity contribution in [2.75, 3.05) is 79.0 Å². The van der Waals surface area contributed by atoms with Crippen LogP contribution in [0.4, 0.5) is 0 Å². The van der Waals surface area contributed by atoms with E-state index in [0.717, 1.165) is 4.90 Å². The Hall–Kier alpha value is -3.50. The Kier molecular flexibility index (Phi) is 23.1. The molecular formula is C33H58N6O18. The summed E-state index contributed by atoms with van der Waals surface area (Å²) in [6.07, 6.45) is -10.3. The fourth-order valence-corrected chi connectivity index (χ4v) is 5.66. The Balaban J connectivity index is 1.62. The maximum Gasteiger partial charge on any atom is 0.239 e. The Morgan fingerprint density at radius 1 is 0.737 bits per heavy atom. The molecule has 0 bridgehead atoms. The van der Waals surface area contributed by atoms with Gasteiger partial charge in [-0.15, -0.1) is 0 Å². The molecular weight excluding hydrogens is 768 g/mol. The fourth-order valence-electron chi connectivity index (χ4n) is 5.66. The van der Waals surface area contributed by atoms with Crippen LogP contribution in [0.1, 0.15) is 26.7 Å². The van der Waals surface area contributed by atoms with E-state index in [4.69, 9.17) is 34.2 Å². The van der Waals surface area contributed by atoms with Crippen molar-refractivity contribution >= 4 is 35.8 Å². The third-order valence-electron chi connectivity index (χ3n) is 8.62. The first-order chi connectivity index (χ1) is 27.1. The molecule has 2 heterocycles. The summed E-state index contributed by atoms with van der Waals surface area (Å²) < 4.78 is 32.8. The molecule has 0 radical (unpaired) electrons. The Morgan fingerprint density at radius 3 is 1.65 bits per heavy atom. The first-order valence-corrected chi connectivity index (χ1v) is 18.3. The minimum atomic E-state index is -1.46. The van der Waals surface area contributed by atoms with Crippen LogP contribution < -0.4 is 27.0 Å². The van der Waals surface area contributed by atoms with Crippen LogP contribution in [0.3, 0.4) is 0 Å². The highest BCUT2D eigenvalue weighted by Gasteiger charge is 2.46. The topological polar surface area (TPSA) is 357 Å². The van der Waals surface area contributed by atoms with Crippen LogP contribution >= 0.6 is 0 Å². The third-order valence-corrected chi connectivity index (χ3v) is 8.62. The number of carbonyl (C=O) groups is 6. The summed E-state index contributed by atoms with van der Waals surface area (Å²) in [5.74, 6) is -2.75. The monoisotopic (exact) mass is 826 g/mol. The molecule has 0 aromatic carbocycles. The molecule has 0 spiro atoms. The summed E-state index contributed by atoms with van der Waals surface area (Å²) in [5, 5.41) is 69.5. The molecule has 2 fully saturated rings. The number of nitrogens with zero attached hydrogens (tertiary/aromatic N) is 1. The lowest BCUT2D eigenvalue weighted by Gasteiger charge is -2.42. The highest BCUT2D eigenvalue weighted by molar-refractivity contribution is 5.87. The van der Waals surface area contributed by atoms with Gasteiger partial charge in [-0.05, 0) is 6.42 Å². The average molecular weight is 827 g/mol. The minimum Gasteiger partial charge on any atom is -0.394 e. The van der Waals surface area contributed by atoms with Crippen LogP contribution in [-0.4, -0.2) is 218 Å². The molecule has 24 nitrogen and oxygen atoms in total. The second-order valence-electron chi connectivity index (χ2n) is 13.1. The van der Waals surface area contributed by atoms with Crippen LogP contribution in [0.2, 0.25) is 0 Å². The molecule has 57 heavy (non-hydrogen) atoms. The number of nitrogens with one attached hydrogen (secondary N) is 4. The Labute approximate surface area is 328 Å². The molecule has 0 aromatic rings. The smallest absolute Gasteiger partial charge is 0.239 e. The van der Waals surface area contributed by atoms with E-state index in [1.165, 1.54) is 13.8 Å². The second-order valence-corrected chi connectivity index (χ2v) is 13.1. The number of hydrogen-bond acceptors (Lipinski definition) is 19. The minimum absolute atomic E-state index is 0.00174. The van der Waals surface area contributed by atoms with Gasteiger partial charge in [0.05, 0.1) is 72.0 Å². The lowest BCUT2D eigenvalue weighted by molar-refractivity contribution is -0.272. The molecule has 0 aliphatic carbocycles. The maximum atomic E-state index is 12.7. The molecule has 5 amide bonds. The highest BCUT2D eigenvalue weighted by atomic mass is 16.7. The molecule has 24 heteroatoms. The van der Waals surface area contributed by atoms with Crippen LogP contribution in [0.25, 0.3) is 0 Å². The number of amides is 5. The van der Waals surface area contributed by atoms with Gasteiger partial charge in [0.25, 0.3) is 0 Å². The summed E-state index contributed by atoms with van der Waals surface area (Å²) in [4.78, 5) is 72.8. The van der Waals surface area contributed by atoms with E-state index in [2.05, 4.69) is 21.3 Å². The summed E-state index contributed by atoms with van der Waals surface area (Å²) >= 11 is 0. The lowest BCUT2D eigenvalue weighted by atomic mass is 9.97. The van der Waals surface area contributed by atoms with Gasteiger partial charge in [0.1, 0.15) is 55.0 Å². The van der Waals surface area contributed by atoms with Gasteiger partial charge in [-0.25, -0.2) is 0 Å². The summed E-state index contributed by atoms with van der Waals surface area (Å²) in [7, 11) is 0. The van der Waals surface area contributed by atoms with Gasteiger partial charge in [-0.1, -0.05) is 0 Å². The molecule has 2 saturated heterocycles. The Morgan fingerprint density at radius 2 is 1.21 bits per heavy atom. The summed E-state index contributed by atoms with van der Waals surface area (Å²) in [6.45, 7) is 0.433. The number of aliphatic hydroxyl groups is 6. The van der Waals surface area contributed by atoms with Crippen LogP contribution in [0.5, 0.6) is 0 Å². The molecule has 2 rings (SSSR count). The van der Waals surface area contributed by atoms with Crippen molar-refractivity contribution in [1.82, 2.24) is 26.2 Å². The number of ether oxygens (including phenoxy) is 6. The fraction of sp³-hybridized carbons (Fsp3) is 0.818. The average Bonchev–Trinajstić information content (AvgIpc) is 3.17. The quantitative estimate of drug-likeness (QED) is 0.0285. The predicted octanol–water partition coefficient (Wildman–Crippen LogP) is -7.69. The molecule has 2 aliphatic rings. The Bertz CT molecular complexity index is 1270. The van der Waals surface area contributed by atoms with Gasteiger partial charge in [0.2, 0.25) is 29.5 Å². The van der Waals surface area contributed by atoms with Crippen molar-refractivity contribution in [3.8, 4) is 0 Å². The van der Waals surface area contributed by atoms with E-state index in [0.29, 0.717) is 6.29 Å². The van der Waals surface area contributed by atoms with Gasteiger partial charge >= 0.3 is 0 Å². The number of aliphatic hydroxyl groups excluding tert-OH is 6. The molecule has 11 unspecified atom stereocenters. The van der Waals surface area contributed by atoms with Crippen molar-refractivity contribution in [3.05, 3.63) is 0 Å². The van der Waals surface area contributed by atoms with Crippen LogP contribution in [0.15, 0.2) is 0 Å². The number of hydrogen-bond donors (Lipinski definition) is 11. The second kappa shape index (κ2) is 26.5. The van der Waals surface area contributed by atoms with Crippen molar-refractivity contribution in [1.29, 1.82) is 0 Å². The van der Waals surface area contributed by atoms with E-state index in [1.807, 2.05) is 0 Å². The zero-order chi connectivity index (χ0) is 42.5. The maximum absolute atomic E-state index is 12.7. The molecule has 328 valence electrons. The number of carbonyl (C=O) groups excluding carboxylic acids is 6. The standard InChI is InChI=1S/C33H58N6O18/c1-18(43)37-25-29(49)27(47)21(16-41)56-32(25)54-13-11-52-9-5-35-23(45)15-39(7-8-40)24(46)4-3-20(34)31(51)36-6-10-53-12-14-55-33-26(38-19(2)44)30(50)28(48)22(17-42)57-33/h8,20-22,25-30,32-33,41-42,47-50H,3-7,9-17,34H2,1-2H3,(H,35,45)(H,36,51)(H,37,43)(H,38,44). The summed E-state index contributed by atoms with van der Waals surface area (Å²) in [5.41, 5.74) is 5.91.